The number of halogens is 6. The second-order valence-corrected chi connectivity index (χ2v) is 13.0. The fraction of sp³-hybridized carbons (Fsp3) is 0.933. The molecule has 5 nitrogen and oxygen atoms in total. The van der Waals surface area contributed by atoms with Crippen molar-refractivity contribution in [2.24, 2.45) is 23.7 Å². The Kier molecular flexibility index (Phi) is 11.4. The van der Waals surface area contributed by atoms with Crippen molar-refractivity contribution in [2.45, 2.75) is 114 Å². The average molecular weight is 596 g/mol. The predicted octanol–water partition coefficient (Wildman–Crippen LogP) is 6.46. The smallest absolute Gasteiger partial charge is 0.334 e. The number of hydrogen-bond donors (Lipinski definition) is 0. The lowest BCUT2D eigenvalue weighted by Gasteiger charge is -2.45. The fourth-order valence-corrected chi connectivity index (χ4v) is 8.03. The fourth-order valence-electron chi connectivity index (χ4n) is 8.03. The largest absolute Gasteiger partial charge is 0.391 e. The van der Waals surface area contributed by atoms with Crippen LogP contribution >= 0.6 is 0 Å². The molecule has 1 amide bonds. The van der Waals surface area contributed by atoms with Crippen molar-refractivity contribution in [1.82, 2.24) is 14.7 Å². The highest BCUT2D eigenvalue weighted by atomic mass is 19.4. The summed E-state index contributed by atoms with van der Waals surface area (Å²) in [5.74, 6) is -4.84. The molecule has 2 heterocycles. The van der Waals surface area contributed by atoms with Crippen LogP contribution in [0.3, 0.4) is 0 Å². The number of piperidine rings is 2. The van der Waals surface area contributed by atoms with E-state index >= 15 is 0 Å². The summed E-state index contributed by atoms with van der Waals surface area (Å²) in [6.45, 7) is 3.62. The van der Waals surface area contributed by atoms with Gasteiger partial charge >= 0.3 is 12.4 Å². The van der Waals surface area contributed by atoms with Crippen LogP contribution in [-0.2, 0) is 9.59 Å². The molecule has 41 heavy (non-hydrogen) atoms. The molecule has 2 saturated carbocycles. The molecule has 236 valence electrons. The summed E-state index contributed by atoms with van der Waals surface area (Å²) in [6.07, 6.45) is 0.305. The molecule has 0 aromatic carbocycles. The lowest BCUT2D eigenvalue weighted by molar-refractivity contribution is -0.229. The third-order valence-corrected chi connectivity index (χ3v) is 10.3. The molecule has 11 heteroatoms. The molecule has 2 saturated heterocycles. The van der Waals surface area contributed by atoms with Gasteiger partial charge in [-0.05, 0) is 89.1 Å². The number of alkyl halides is 6. The molecule has 0 radical (unpaired) electrons. The minimum Gasteiger partial charge on any atom is -0.334 e. The van der Waals surface area contributed by atoms with E-state index in [0.717, 1.165) is 71.1 Å². The zero-order chi connectivity index (χ0) is 29.6. The van der Waals surface area contributed by atoms with Gasteiger partial charge in [0.25, 0.3) is 0 Å². The molecule has 0 aromatic heterocycles. The summed E-state index contributed by atoms with van der Waals surface area (Å²) in [6, 6.07) is 0.115. The average Bonchev–Trinajstić information content (AvgIpc) is 2.95. The first-order valence-electron chi connectivity index (χ1n) is 15.8. The first-order chi connectivity index (χ1) is 19.5. The molecule has 0 spiro atoms. The zero-order valence-corrected chi connectivity index (χ0v) is 24.1. The van der Waals surface area contributed by atoms with Crippen LogP contribution in [0.2, 0.25) is 0 Å². The zero-order valence-electron chi connectivity index (χ0n) is 24.1. The number of nitrogens with zero attached hydrogens (tertiary/aromatic N) is 3. The van der Waals surface area contributed by atoms with Crippen molar-refractivity contribution in [3.05, 3.63) is 0 Å². The van der Waals surface area contributed by atoms with Gasteiger partial charge in [0.15, 0.2) is 0 Å². The number of aldehydes is 1. The summed E-state index contributed by atoms with van der Waals surface area (Å²) in [5, 5.41) is 0. The van der Waals surface area contributed by atoms with Gasteiger partial charge in [0.2, 0.25) is 5.91 Å². The third kappa shape index (κ3) is 8.83. The van der Waals surface area contributed by atoms with Gasteiger partial charge < -0.3 is 14.6 Å². The van der Waals surface area contributed by atoms with Crippen LogP contribution in [-0.4, -0.2) is 90.6 Å². The highest BCUT2D eigenvalue weighted by Gasteiger charge is 2.51. The summed E-state index contributed by atoms with van der Waals surface area (Å²) in [5.41, 5.74) is 0. The van der Waals surface area contributed by atoms with Crippen LogP contribution in [0.25, 0.3) is 0 Å². The van der Waals surface area contributed by atoms with Gasteiger partial charge in [0.05, 0.1) is 24.4 Å². The van der Waals surface area contributed by atoms with Gasteiger partial charge in [-0.25, -0.2) is 0 Å². The van der Waals surface area contributed by atoms with Crippen LogP contribution in [0.4, 0.5) is 26.3 Å². The normalized spacial score (nSPS) is 29.3. The van der Waals surface area contributed by atoms with Gasteiger partial charge in [0.1, 0.15) is 6.29 Å². The number of carbonyl (C=O) groups is 2. The second kappa shape index (κ2) is 14.4. The van der Waals surface area contributed by atoms with E-state index in [2.05, 4.69) is 9.80 Å². The Labute approximate surface area is 240 Å². The second-order valence-electron chi connectivity index (χ2n) is 13.0. The maximum atomic E-state index is 14.1. The maximum Gasteiger partial charge on any atom is 0.391 e. The molecule has 4 fully saturated rings. The number of likely N-dealkylation sites (tertiary alicyclic amines) is 2. The van der Waals surface area contributed by atoms with E-state index < -0.39 is 42.6 Å². The van der Waals surface area contributed by atoms with Gasteiger partial charge in [-0.1, -0.05) is 25.7 Å². The maximum absolute atomic E-state index is 14.1. The minimum absolute atomic E-state index is 0.00482. The Balaban J connectivity index is 1.44. The monoisotopic (exact) mass is 595 g/mol. The van der Waals surface area contributed by atoms with Crippen molar-refractivity contribution in [1.29, 1.82) is 0 Å². The molecule has 2 aliphatic heterocycles. The standard InChI is InChI=1S/C30H47F6N3O2/c31-29(32,33)24-19-22(20-25(21-24)30(34,35)36)9-14-39(17-18-40)28(41)27(23-7-3-1-4-8-23)38-15-10-26(11-16-38)37-12-5-2-6-13-37/h18,22-27H,1-17,19-21H2. The van der Waals surface area contributed by atoms with Crippen molar-refractivity contribution in [3.63, 3.8) is 0 Å². The Bertz CT molecular complexity index is 811. The molecule has 0 N–H and O–H groups in total. The lowest BCUT2D eigenvalue weighted by atomic mass is 9.73. The number of rotatable bonds is 9. The van der Waals surface area contributed by atoms with Crippen molar-refractivity contribution < 1.29 is 35.9 Å². The number of carbonyl (C=O) groups excluding carboxylic acids is 2. The van der Waals surface area contributed by atoms with Crippen LogP contribution in [0, 0.1) is 23.7 Å². The van der Waals surface area contributed by atoms with E-state index in [9.17, 15) is 35.9 Å². The summed E-state index contributed by atoms with van der Waals surface area (Å²) >= 11 is 0. The van der Waals surface area contributed by atoms with Crippen LogP contribution in [0.1, 0.15) is 89.9 Å². The van der Waals surface area contributed by atoms with Crippen molar-refractivity contribution in [3.8, 4) is 0 Å². The molecular formula is C30H47F6N3O2. The molecule has 2 aliphatic carbocycles. The number of hydrogen-bond acceptors (Lipinski definition) is 4. The first-order valence-corrected chi connectivity index (χ1v) is 15.8. The van der Waals surface area contributed by atoms with Gasteiger partial charge in [0, 0.05) is 25.7 Å². The molecule has 4 rings (SSSR count). The highest BCUT2D eigenvalue weighted by Crippen LogP contribution is 2.48. The predicted molar refractivity (Wildman–Crippen MR) is 144 cm³/mol. The molecule has 3 atom stereocenters. The molecule has 0 aromatic rings. The molecule has 4 aliphatic rings. The topological polar surface area (TPSA) is 43.9 Å². The Hall–Kier alpha value is -1.36. The molecule has 0 bridgehead atoms. The Morgan fingerprint density at radius 1 is 0.780 bits per heavy atom. The Morgan fingerprint density at radius 3 is 1.88 bits per heavy atom. The SMILES string of the molecule is O=CCN(CCC1CC(C(F)(F)F)CC(C(F)(F)F)C1)C(=O)C(C1CCCCC1)N1CCC(N2CCCCC2)CC1. The van der Waals surface area contributed by atoms with E-state index in [4.69, 9.17) is 0 Å². The minimum atomic E-state index is -4.69. The first kappa shape index (κ1) is 32.6. The van der Waals surface area contributed by atoms with E-state index in [-0.39, 0.29) is 44.2 Å². The van der Waals surface area contributed by atoms with Crippen LogP contribution in [0.5, 0.6) is 0 Å². The van der Waals surface area contributed by atoms with E-state index in [1.165, 1.54) is 24.2 Å². The third-order valence-electron chi connectivity index (χ3n) is 10.3. The highest BCUT2D eigenvalue weighted by molar-refractivity contribution is 5.84. The summed E-state index contributed by atoms with van der Waals surface area (Å²) in [4.78, 5) is 32.0. The van der Waals surface area contributed by atoms with Crippen LogP contribution in [0.15, 0.2) is 0 Å². The quantitative estimate of drug-likeness (QED) is 0.227. The lowest BCUT2D eigenvalue weighted by Crippen LogP contribution is -2.57. The van der Waals surface area contributed by atoms with Gasteiger partial charge in [-0.2, -0.15) is 26.3 Å². The van der Waals surface area contributed by atoms with Gasteiger partial charge in [-0.15, -0.1) is 0 Å². The number of amides is 1. The Morgan fingerprint density at radius 2 is 1.34 bits per heavy atom. The van der Waals surface area contributed by atoms with Crippen LogP contribution < -0.4 is 0 Å². The summed E-state index contributed by atoms with van der Waals surface area (Å²) in [7, 11) is 0. The van der Waals surface area contributed by atoms with Crippen molar-refractivity contribution in [2.75, 3.05) is 39.3 Å². The van der Waals surface area contributed by atoms with E-state index in [0.29, 0.717) is 12.3 Å². The van der Waals surface area contributed by atoms with E-state index in [1.807, 2.05) is 0 Å². The summed E-state index contributed by atoms with van der Waals surface area (Å²) < 4.78 is 81.0. The van der Waals surface area contributed by atoms with E-state index in [1.54, 1.807) is 0 Å². The molecular weight excluding hydrogens is 548 g/mol. The van der Waals surface area contributed by atoms with Crippen molar-refractivity contribution >= 4 is 12.2 Å². The van der Waals surface area contributed by atoms with Gasteiger partial charge in [-0.3, -0.25) is 9.69 Å². The molecule has 3 unspecified atom stereocenters.